The third-order valence-electron chi connectivity index (χ3n) is 4.74. The molecule has 3 aromatic rings. The summed E-state index contributed by atoms with van der Waals surface area (Å²) in [5, 5.41) is 2.46. The van der Waals surface area contributed by atoms with Crippen LogP contribution in [0, 0.1) is 13.8 Å². The summed E-state index contributed by atoms with van der Waals surface area (Å²) < 4.78 is 12.6. The fourth-order valence-corrected chi connectivity index (χ4v) is 3.22. The Morgan fingerprint density at radius 3 is 2.48 bits per heavy atom. The first-order chi connectivity index (χ1) is 14.8. The fraction of sp³-hybridized carbons (Fsp3) is 0.208. The molecule has 7 nitrogen and oxygen atoms in total. The van der Waals surface area contributed by atoms with Crippen LogP contribution in [-0.4, -0.2) is 28.8 Å². The molecule has 0 saturated heterocycles. The van der Waals surface area contributed by atoms with Crippen molar-refractivity contribution in [3.05, 3.63) is 88.8 Å². The summed E-state index contributed by atoms with van der Waals surface area (Å²) >= 11 is 0. The van der Waals surface area contributed by atoms with Crippen molar-refractivity contribution in [2.45, 2.75) is 27.3 Å². The molecule has 7 heteroatoms. The van der Waals surface area contributed by atoms with Crippen molar-refractivity contribution < 1.29 is 23.5 Å². The van der Waals surface area contributed by atoms with E-state index in [0.717, 1.165) is 22.7 Å². The van der Waals surface area contributed by atoms with E-state index in [1.807, 2.05) is 48.7 Å². The molecule has 0 aliphatic heterocycles. The van der Waals surface area contributed by atoms with E-state index in [4.69, 9.17) is 9.15 Å². The number of ketones is 1. The second kappa shape index (κ2) is 9.75. The van der Waals surface area contributed by atoms with Gasteiger partial charge in [-0.25, -0.2) is 4.79 Å². The number of hydrogen-bond donors (Lipinski definition) is 1. The van der Waals surface area contributed by atoms with Crippen molar-refractivity contribution in [3.8, 4) is 0 Å². The van der Waals surface area contributed by atoms with Gasteiger partial charge in [0.05, 0.1) is 12.8 Å². The van der Waals surface area contributed by atoms with E-state index in [1.165, 1.54) is 13.0 Å². The molecule has 0 spiro atoms. The molecule has 0 fully saturated rings. The number of nitrogens with one attached hydrogen (secondary N) is 1. The van der Waals surface area contributed by atoms with Crippen molar-refractivity contribution in [2.75, 3.05) is 6.61 Å². The number of esters is 1. The van der Waals surface area contributed by atoms with Gasteiger partial charge in [0.25, 0.3) is 0 Å². The molecule has 31 heavy (non-hydrogen) atoms. The first-order valence-electron chi connectivity index (χ1n) is 9.79. The van der Waals surface area contributed by atoms with Crippen molar-refractivity contribution in [1.29, 1.82) is 0 Å². The minimum atomic E-state index is -0.781. The minimum Gasteiger partial charge on any atom is -0.467 e. The summed E-state index contributed by atoms with van der Waals surface area (Å²) in [5.74, 6) is -0.740. The number of amides is 1. The molecule has 3 rings (SSSR count). The SMILES string of the molecule is CC(=O)N/C(=C\c1ccccc1)C(=O)OCC(=O)c1cc(C)n(Cc2ccco2)c1C. The molecule has 0 saturated carbocycles. The highest BCUT2D eigenvalue weighted by atomic mass is 16.5. The maximum absolute atomic E-state index is 12.7. The lowest BCUT2D eigenvalue weighted by Crippen LogP contribution is -2.27. The van der Waals surface area contributed by atoms with Crippen LogP contribution >= 0.6 is 0 Å². The molecular weight excluding hydrogens is 396 g/mol. The summed E-state index contributed by atoms with van der Waals surface area (Å²) in [6.07, 6.45) is 3.11. The lowest BCUT2D eigenvalue weighted by atomic mass is 10.1. The topological polar surface area (TPSA) is 90.5 Å². The Morgan fingerprint density at radius 1 is 1.10 bits per heavy atom. The van der Waals surface area contributed by atoms with Crippen LogP contribution in [0.3, 0.4) is 0 Å². The number of hydrogen-bond acceptors (Lipinski definition) is 5. The summed E-state index contributed by atoms with van der Waals surface area (Å²) in [4.78, 5) is 36.7. The molecule has 1 N–H and O–H groups in total. The van der Waals surface area contributed by atoms with Gasteiger partial charge in [0.2, 0.25) is 11.7 Å². The van der Waals surface area contributed by atoms with Gasteiger partial charge in [0.15, 0.2) is 6.61 Å². The lowest BCUT2D eigenvalue weighted by Gasteiger charge is -2.10. The zero-order valence-electron chi connectivity index (χ0n) is 17.7. The van der Waals surface area contributed by atoms with Gasteiger partial charge in [-0.15, -0.1) is 0 Å². The van der Waals surface area contributed by atoms with E-state index in [0.29, 0.717) is 12.1 Å². The summed E-state index contributed by atoms with van der Waals surface area (Å²) in [6.45, 7) is 5.10. The molecule has 0 aliphatic rings. The maximum Gasteiger partial charge on any atom is 0.355 e. The highest BCUT2D eigenvalue weighted by Crippen LogP contribution is 2.18. The summed E-state index contributed by atoms with van der Waals surface area (Å²) in [6, 6.07) is 14.5. The van der Waals surface area contributed by atoms with Gasteiger partial charge >= 0.3 is 5.97 Å². The van der Waals surface area contributed by atoms with Gasteiger partial charge in [-0.2, -0.15) is 0 Å². The smallest absolute Gasteiger partial charge is 0.355 e. The van der Waals surface area contributed by atoms with Crippen LogP contribution in [-0.2, 0) is 20.9 Å². The van der Waals surface area contributed by atoms with E-state index in [-0.39, 0.29) is 11.5 Å². The Hall–Kier alpha value is -3.87. The Bertz CT molecular complexity index is 1110. The van der Waals surface area contributed by atoms with Crippen LogP contribution in [0.15, 0.2) is 64.9 Å². The number of benzene rings is 1. The summed E-state index contributed by atoms with van der Waals surface area (Å²) in [5.41, 5.74) is 2.82. The molecule has 0 atom stereocenters. The summed E-state index contributed by atoms with van der Waals surface area (Å²) in [7, 11) is 0. The first kappa shape index (κ1) is 21.8. The van der Waals surface area contributed by atoms with Gasteiger partial charge in [-0.1, -0.05) is 30.3 Å². The minimum absolute atomic E-state index is 0.0326. The number of furan rings is 1. The van der Waals surface area contributed by atoms with E-state index in [2.05, 4.69) is 5.32 Å². The molecule has 0 unspecified atom stereocenters. The molecule has 2 aromatic heterocycles. The maximum atomic E-state index is 12.7. The molecule has 160 valence electrons. The molecule has 1 amide bonds. The van der Waals surface area contributed by atoms with Crippen LogP contribution in [0.2, 0.25) is 0 Å². The largest absolute Gasteiger partial charge is 0.467 e. The fourth-order valence-electron chi connectivity index (χ4n) is 3.22. The van der Waals surface area contributed by atoms with Gasteiger partial charge in [0.1, 0.15) is 11.5 Å². The third kappa shape index (κ3) is 5.60. The van der Waals surface area contributed by atoms with Gasteiger partial charge < -0.3 is 19.0 Å². The van der Waals surface area contributed by atoms with Crippen molar-refractivity contribution in [3.63, 3.8) is 0 Å². The number of nitrogens with zero attached hydrogens (tertiary/aromatic N) is 1. The number of carbonyl (C=O) groups is 3. The molecule has 0 radical (unpaired) electrons. The Kier molecular flexibility index (Phi) is 6.87. The normalized spacial score (nSPS) is 11.3. The second-order valence-corrected chi connectivity index (χ2v) is 7.10. The zero-order chi connectivity index (χ0) is 22.4. The van der Waals surface area contributed by atoms with Crippen molar-refractivity contribution >= 4 is 23.7 Å². The highest BCUT2D eigenvalue weighted by Gasteiger charge is 2.20. The van der Waals surface area contributed by atoms with Crippen LogP contribution in [0.5, 0.6) is 0 Å². The van der Waals surface area contributed by atoms with Crippen molar-refractivity contribution in [2.24, 2.45) is 0 Å². The number of Topliss-reactive ketones (excluding diaryl/α,β-unsaturated/α-hetero) is 1. The van der Waals surface area contributed by atoms with Gasteiger partial charge in [-0.05, 0) is 43.7 Å². The molecule has 0 bridgehead atoms. The third-order valence-corrected chi connectivity index (χ3v) is 4.74. The van der Waals surface area contributed by atoms with Crippen LogP contribution < -0.4 is 5.32 Å². The molecule has 2 heterocycles. The molecule has 1 aromatic carbocycles. The van der Waals surface area contributed by atoms with Crippen LogP contribution in [0.25, 0.3) is 6.08 Å². The molecule has 0 aliphatic carbocycles. The number of aromatic nitrogens is 1. The number of rotatable bonds is 8. The van der Waals surface area contributed by atoms with E-state index in [9.17, 15) is 14.4 Å². The standard InChI is InChI=1S/C24H24N2O5/c1-16-12-21(17(2)26(16)14-20-10-7-11-30-20)23(28)15-31-24(29)22(25-18(3)27)13-19-8-5-4-6-9-19/h4-13H,14-15H2,1-3H3,(H,25,27)/b22-13-. The van der Waals surface area contributed by atoms with Crippen molar-refractivity contribution in [1.82, 2.24) is 9.88 Å². The average molecular weight is 420 g/mol. The van der Waals surface area contributed by atoms with Crippen LogP contribution in [0.1, 0.15) is 40.0 Å². The quantitative estimate of drug-likeness (QED) is 0.341. The predicted octanol–water partition coefficient (Wildman–Crippen LogP) is 3.65. The second-order valence-electron chi connectivity index (χ2n) is 7.10. The first-order valence-corrected chi connectivity index (χ1v) is 9.79. The number of ether oxygens (including phenoxy) is 1. The Labute approximate surface area is 180 Å². The molecular formula is C24H24N2O5. The number of carbonyl (C=O) groups excluding carboxylic acids is 3. The Morgan fingerprint density at radius 2 is 1.84 bits per heavy atom. The average Bonchev–Trinajstić information content (AvgIpc) is 3.35. The lowest BCUT2D eigenvalue weighted by molar-refractivity contribution is -0.139. The van der Waals surface area contributed by atoms with E-state index in [1.54, 1.807) is 24.5 Å². The van der Waals surface area contributed by atoms with E-state index < -0.39 is 18.5 Å². The predicted molar refractivity (Wildman–Crippen MR) is 115 cm³/mol. The zero-order valence-corrected chi connectivity index (χ0v) is 17.7. The number of aryl methyl sites for hydroxylation is 1. The van der Waals surface area contributed by atoms with Gasteiger partial charge in [-0.3, -0.25) is 9.59 Å². The highest BCUT2D eigenvalue weighted by molar-refractivity contribution is 6.02. The Balaban J connectivity index is 1.71. The van der Waals surface area contributed by atoms with E-state index >= 15 is 0 Å². The van der Waals surface area contributed by atoms with Crippen LogP contribution in [0.4, 0.5) is 0 Å². The van der Waals surface area contributed by atoms with Gasteiger partial charge in [0, 0.05) is 23.9 Å². The monoisotopic (exact) mass is 420 g/mol.